The third-order valence-corrected chi connectivity index (χ3v) is 6.40. The summed E-state index contributed by atoms with van der Waals surface area (Å²) in [5.74, 6) is -0.478. The molecule has 0 spiro atoms. The predicted molar refractivity (Wildman–Crippen MR) is 121 cm³/mol. The highest BCUT2D eigenvalue weighted by atomic mass is 16.2. The number of nitrogens with one attached hydrogen (secondary N) is 1. The summed E-state index contributed by atoms with van der Waals surface area (Å²) in [5.41, 5.74) is 6.21. The van der Waals surface area contributed by atoms with E-state index < -0.39 is 0 Å². The van der Waals surface area contributed by atoms with Gasteiger partial charge in [-0.3, -0.25) is 14.4 Å². The van der Waals surface area contributed by atoms with Gasteiger partial charge in [0.05, 0.1) is 12.0 Å². The largest absolute Gasteiger partial charge is 0.349 e. The van der Waals surface area contributed by atoms with E-state index in [0.29, 0.717) is 13.1 Å². The number of anilines is 2. The van der Waals surface area contributed by atoms with Crippen LogP contribution in [0.5, 0.6) is 0 Å². The molecule has 2 unspecified atom stereocenters. The minimum Gasteiger partial charge on any atom is -0.349 e. The molecule has 4 rings (SSSR count). The molecule has 31 heavy (non-hydrogen) atoms. The molecule has 3 amide bonds. The van der Waals surface area contributed by atoms with E-state index in [1.165, 1.54) is 5.56 Å². The van der Waals surface area contributed by atoms with Gasteiger partial charge in [0.1, 0.15) is 0 Å². The van der Waals surface area contributed by atoms with Crippen LogP contribution < -0.4 is 15.1 Å². The van der Waals surface area contributed by atoms with E-state index >= 15 is 0 Å². The molecule has 2 aromatic carbocycles. The number of rotatable bonds is 4. The molecule has 0 bridgehead atoms. The zero-order valence-electron chi connectivity index (χ0n) is 18.6. The number of carbonyl (C=O) groups excluding carboxylic acids is 3. The van der Waals surface area contributed by atoms with Crippen molar-refractivity contribution in [3.8, 4) is 0 Å². The van der Waals surface area contributed by atoms with Gasteiger partial charge < -0.3 is 15.1 Å². The highest BCUT2D eigenvalue weighted by Gasteiger charge is 2.36. The lowest BCUT2D eigenvalue weighted by molar-refractivity contribution is -0.126. The van der Waals surface area contributed by atoms with E-state index in [0.717, 1.165) is 34.5 Å². The van der Waals surface area contributed by atoms with Crippen LogP contribution >= 0.6 is 0 Å². The molecule has 6 nitrogen and oxygen atoms in total. The second-order valence-electron chi connectivity index (χ2n) is 8.73. The predicted octanol–water partition coefficient (Wildman–Crippen LogP) is 3.44. The van der Waals surface area contributed by atoms with E-state index in [1.54, 1.807) is 16.7 Å². The second kappa shape index (κ2) is 8.17. The number of benzene rings is 2. The Kier molecular flexibility index (Phi) is 5.56. The van der Waals surface area contributed by atoms with Crippen molar-refractivity contribution in [2.24, 2.45) is 5.92 Å². The lowest BCUT2D eigenvalue weighted by Gasteiger charge is -2.21. The average molecular weight is 420 g/mol. The minimum absolute atomic E-state index is 0.0263. The van der Waals surface area contributed by atoms with Crippen molar-refractivity contribution >= 4 is 29.1 Å². The van der Waals surface area contributed by atoms with Crippen LogP contribution in [0.4, 0.5) is 11.4 Å². The molecule has 2 aromatic rings. The zero-order chi connectivity index (χ0) is 22.3. The van der Waals surface area contributed by atoms with Crippen LogP contribution in [0, 0.1) is 19.8 Å². The van der Waals surface area contributed by atoms with E-state index in [1.807, 2.05) is 38.1 Å². The van der Waals surface area contributed by atoms with Gasteiger partial charge in [0, 0.05) is 37.8 Å². The van der Waals surface area contributed by atoms with Crippen molar-refractivity contribution in [2.45, 2.75) is 46.6 Å². The van der Waals surface area contributed by atoms with Gasteiger partial charge in [0.25, 0.3) is 0 Å². The lowest BCUT2D eigenvalue weighted by Crippen LogP contribution is -2.34. The summed E-state index contributed by atoms with van der Waals surface area (Å²) in [7, 11) is 0. The second-order valence-corrected chi connectivity index (χ2v) is 8.73. The first kappa shape index (κ1) is 21.1. The standard InChI is InChI=1S/C25H29N3O3/c1-15-5-7-22(16(2)11-15)17(3)26-25(31)20-13-24(30)28(14-20)21-6-8-23-19(12-21)9-10-27(23)18(4)29/h5-8,11-12,17,20H,9-10,13-14H2,1-4H3,(H,26,31). The number of nitrogens with zero attached hydrogens (tertiary/aromatic N) is 2. The third kappa shape index (κ3) is 4.07. The monoisotopic (exact) mass is 419 g/mol. The maximum absolute atomic E-state index is 12.9. The fraction of sp³-hybridized carbons (Fsp3) is 0.400. The number of hydrogen-bond acceptors (Lipinski definition) is 3. The van der Waals surface area contributed by atoms with Crippen molar-refractivity contribution in [1.82, 2.24) is 5.32 Å². The SMILES string of the molecule is CC(=O)N1CCc2cc(N3CC(C(=O)NC(C)c4ccc(C)cc4C)CC3=O)ccc21. The van der Waals surface area contributed by atoms with Gasteiger partial charge in [-0.2, -0.15) is 0 Å². The van der Waals surface area contributed by atoms with Crippen LogP contribution in [-0.4, -0.2) is 30.8 Å². The van der Waals surface area contributed by atoms with Crippen molar-refractivity contribution < 1.29 is 14.4 Å². The summed E-state index contributed by atoms with van der Waals surface area (Å²) in [5, 5.41) is 3.09. The first-order valence-corrected chi connectivity index (χ1v) is 10.8. The molecule has 1 N–H and O–H groups in total. The molecule has 1 saturated heterocycles. The lowest BCUT2D eigenvalue weighted by atomic mass is 9.99. The van der Waals surface area contributed by atoms with Gasteiger partial charge in [0.15, 0.2) is 0 Å². The van der Waals surface area contributed by atoms with Crippen molar-refractivity contribution in [3.05, 3.63) is 58.7 Å². The summed E-state index contributed by atoms with van der Waals surface area (Å²) < 4.78 is 0. The van der Waals surface area contributed by atoms with Gasteiger partial charge >= 0.3 is 0 Å². The van der Waals surface area contributed by atoms with Crippen molar-refractivity contribution in [3.63, 3.8) is 0 Å². The number of fused-ring (bicyclic) bond motifs is 1. The average Bonchev–Trinajstić information content (AvgIpc) is 3.30. The highest BCUT2D eigenvalue weighted by molar-refractivity contribution is 6.01. The third-order valence-electron chi connectivity index (χ3n) is 6.40. The summed E-state index contributed by atoms with van der Waals surface area (Å²) in [6.07, 6.45) is 0.990. The molecule has 0 aliphatic carbocycles. The maximum atomic E-state index is 12.9. The molecule has 2 heterocycles. The van der Waals surface area contributed by atoms with E-state index in [-0.39, 0.29) is 36.1 Å². The Morgan fingerprint density at radius 2 is 1.90 bits per heavy atom. The van der Waals surface area contributed by atoms with Crippen molar-refractivity contribution in [1.29, 1.82) is 0 Å². The Morgan fingerprint density at radius 1 is 1.13 bits per heavy atom. The maximum Gasteiger partial charge on any atom is 0.227 e. The fourth-order valence-corrected chi connectivity index (χ4v) is 4.74. The molecule has 0 aromatic heterocycles. The molecule has 162 valence electrons. The highest BCUT2D eigenvalue weighted by Crippen LogP contribution is 2.34. The molecule has 1 fully saturated rings. The molecule has 2 aliphatic heterocycles. The molecule has 0 saturated carbocycles. The summed E-state index contributed by atoms with van der Waals surface area (Å²) >= 11 is 0. The van der Waals surface area contributed by atoms with Gasteiger partial charge in [-0.15, -0.1) is 0 Å². The Hall–Kier alpha value is -3.15. The van der Waals surface area contributed by atoms with Crippen LogP contribution in [0.2, 0.25) is 0 Å². The Morgan fingerprint density at radius 3 is 2.61 bits per heavy atom. The van der Waals surface area contributed by atoms with Crippen LogP contribution in [0.1, 0.15) is 48.6 Å². The number of aryl methyl sites for hydroxylation is 2. The van der Waals surface area contributed by atoms with Crippen LogP contribution in [0.25, 0.3) is 0 Å². The molecule has 6 heteroatoms. The van der Waals surface area contributed by atoms with Crippen LogP contribution in [-0.2, 0) is 20.8 Å². The fourth-order valence-electron chi connectivity index (χ4n) is 4.74. The smallest absolute Gasteiger partial charge is 0.227 e. The van der Waals surface area contributed by atoms with E-state index in [4.69, 9.17) is 0 Å². The molecule has 2 aliphatic rings. The molecule has 0 radical (unpaired) electrons. The number of amides is 3. The molecular weight excluding hydrogens is 390 g/mol. The van der Waals surface area contributed by atoms with E-state index in [9.17, 15) is 14.4 Å². The van der Waals surface area contributed by atoms with Gasteiger partial charge in [-0.05, 0) is 62.1 Å². The molecule has 2 atom stereocenters. The number of hydrogen-bond donors (Lipinski definition) is 1. The summed E-state index contributed by atoms with van der Waals surface area (Å²) in [6, 6.07) is 11.9. The minimum atomic E-state index is -0.373. The van der Waals surface area contributed by atoms with Gasteiger partial charge in [-0.1, -0.05) is 23.8 Å². The van der Waals surface area contributed by atoms with Crippen molar-refractivity contribution in [2.75, 3.05) is 22.9 Å². The molecular formula is C25H29N3O3. The Balaban J connectivity index is 1.45. The van der Waals surface area contributed by atoms with Crippen LogP contribution in [0.15, 0.2) is 36.4 Å². The topological polar surface area (TPSA) is 69.7 Å². The quantitative estimate of drug-likeness (QED) is 0.825. The first-order valence-electron chi connectivity index (χ1n) is 10.8. The van der Waals surface area contributed by atoms with Gasteiger partial charge in [-0.25, -0.2) is 0 Å². The zero-order valence-corrected chi connectivity index (χ0v) is 18.6. The normalized spacial score (nSPS) is 18.8. The van der Waals surface area contributed by atoms with Crippen LogP contribution in [0.3, 0.4) is 0 Å². The van der Waals surface area contributed by atoms with E-state index in [2.05, 4.69) is 24.4 Å². The summed E-state index contributed by atoms with van der Waals surface area (Å²) in [4.78, 5) is 40.8. The summed E-state index contributed by atoms with van der Waals surface area (Å²) in [6.45, 7) is 8.69. The Labute approximate surface area is 183 Å². The van der Waals surface area contributed by atoms with Gasteiger partial charge in [0.2, 0.25) is 17.7 Å². The Bertz CT molecular complexity index is 1060. The first-order chi connectivity index (χ1) is 14.7. The number of carbonyl (C=O) groups is 3.